The Kier molecular flexibility index (Phi) is 3.69. The second kappa shape index (κ2) is 5.07. The first kappa shape index (κ1) is 12.4. The molecule has 1 unspecified atom stereocenters. The number of aryl methyl sites for hydroxylation is 1. The third kappa shape index (κ3) is 2.99. The van der Waals surface area contributed by atoms with E-state index in [1.54, 1.807) is 7.11 Å². The van der Waals surface area contributed by atoms with Gasteiger partial charge in [-0.2, -0.15) is 0 Å². The van der Waals surface area contributed by atoms with Crippen molar-refractivity contribution in [3.63, 3.8) is 0 Å². The van der Waals surface area contributed by atoms with Crippen LogP contribution in [0.1, 0.15) is 24.0 Å². The van der Waals surface area contributed by atoms with Gasteiger partial charge in [0.05, 0.1) is 19.3 Å². The van der Waals surface area contributed by atoms with Crippen LogP contribution in [-0.4, -0.2) is 31.0 Å². The number of benzene rings is 1. The Labute approximate surface area is 102 Å². The molecule has 1 aliphatic rings. The standard InChI is InChI=1S/C14H20O3/c1-11-8-12(4-5-13(11)16-2)9-14(15)6-3-7-17-10-14/h4-5,8,15H,3,6-7,9-10H2,1-2H3. The summed E-state index contributed by atoms with van der Waals surface area (Å²) >= 11 is 0. The van der Waals surface area contributed by atoms with Crippen molar-refractivity contribution in [3.8, 4) is 5.75 Å². The maximum absolute atomic E-state index is 10.4. The zero-order chi connectivity index (χ0) is 12.3. The maximum atomic E-state index is 10.4. The normalized spacial score (nSPS) is 24.6. The summed E-state index contributed by atoms with van der Waals surface area (Å²) in [4.78, 5) is 0. The molecule has 0 radical (unpaired) electrons. The number of ether oxygens (including phenoxy) is 2. The number of aliphatic hydroxyl groups is 1. The molecule has 17 heavy (non-hydrogen) atoms. The Morgan fingerprint density at radius 3 is 2.88 bits per heavy atom. The largest absolute Gasteiger partial charge is 0.496 e. The molecule has 0 aromatic heterocycles. The molecule has 0 bridgehead atoms. The molecule has 3 heteroatoms. The highest BCUT2D eigenvalue weighted by molar-refractivity contribution is 5.36. The monoisotopic (exact) mass is 236 g/mol. The Hall–Kier alpha value is -1.06. The first-order valence-corrected chi connectivity index (χ1v) is 6.07. The zero-order valence-electron chi connectivity index (χ0n) is 10.5. The van der Waals surface area contributed by atoms with Crippen molar-refractivity contribution >= 4 is 0 Å². The highest BCUT2D eigenvalue weighted by Gasteiger charge is 2.30. The highest BCUT2D eigenvalue weighted by Crippen LogP contribution is 2.26. The summed E-state index contributed by atoms with van der Waals surface area (Å²) in [6.07, 6.45) is 2.40. The van der Waals surface area contributed by atoms with E-state index in [1.165, 1.54) is 0 Å². The van der Waals surface area contributed by atoms with Crippen molar-refractivity contribution in [2.45, 2.75) is 31.8 Å². The number of hydrogen-bond acceptors (Lipinski definition) is 3. The van der Waals surface area contributed by atoms with Crippen LogP contribution in [0.15, 0.2) is 18.2 Å². The van der Waals surface area contributed by atoms with E-state index < -0.39 is 5.60 Å². The Bertz CT molecular complexity index is 381. The molecule has 1 atom stereocenters. The van der Waals surface area contributed by atoms with Crippen LogP contribution in [0, 0.1) is 6.92 Å². The molecule has 1 N–H and O–H groups in total. The first-order valence-electron chi connectivity index (χ1n) is 6.07. The molecule has 2 rings (SSSR count). The number of methoxy groups -OCH3 is 1. The summed E-state index contributed by atoms with van der Waals surface area (Å²) in [6, 6.07) is 6.04. The summed E-state index contributed by atoms with van der Waals surface area (Å²) in [5.41, 5.74) is 1.54. The quantitative estimate of drug-likeness (QED) is 0.873. The van der Waals surface area contributed by atoms with Crippen molar-refractivity contribution in [2.75, 3.05) is 20.3 Å². The van der Waals surface area contributed by atoms with Gasteiger partial charge in [0, 0.05) is 13.0 Å². The lowest BCUT2D eigenvalue weighted by atomic mass is 9.89. The molecule has 1 heterocycles. The average molecular weight is 236 g/mol. The molecule has 1 saturated heterocycles. The van der Waals surface area contributed by atoms with Crippen molar-refractivity contribution in [2.24, 2.45) is 0 Å². The predicted octanol–water partition coefficient (Wildman–Crippen LogP) is 2.09. The van der Waals surface area contributed by atoms with E-state index in [0.717, 1.165) is 36.3 Å². The lowest BCUT2D eigenvalue weighted by molar-refractivity contribution is -0.0845. The molecule has 1 aromatic carbocycles. The minimum atomic E-state index is -0.695. The fourth-order valence-electron chi connectivity index (χ4n) is 2.41. The molecule has 94 valence electrons. The minimum Gasteiger partial charge on any atom is -0.496 e. The SMILES string of the molecule is COc1ccc(CC2(O)CCCOC2)cc1C. The fourth-order valence-corrected chi connectivity index (χ4v) is 2.41. The maximum Gasteiger partial charge on any atom is 0.121 e. The van der Waals surface area contributed by atoms with E-state index in [9.17, 15) is 5.11 Å². The van der Waals surface area contributed by atoms with Gasteiger partial charge in [0.1, 0.15) is 5.75 Å². The lowest BCUT2D eigenvalue weighted by Crippen LogP contribution is -2.40. The molecule has 0 saturated carbocycles. The van der Waals surface area contributed by atoms with Crippen LogP contribution < -0.4 is 4.74 Å². The number of rotatable bonds is 3. The summed E-state index contributed by atoms with van der Waals surface area (Å²) in [5.74, 6) is 0.889. The first-order chi connectivity index (χ1) is 8.13. The van der Waals surface area contributed by atoms with Gasteiger partial charge in [0.25, 0.3) is 0 Å². The summed E-state index contributed by atoms with van der Waals surface area (Å²) in [7, 11) is 1.67. The van der Waals surface area contributed by atoms with E-state index in [-0.39, 0.29) is 0 Å². The van der Waals surface area contributed by atoms with E-state index in [1.807, 2.05) is 19.1 Å². The zero-order valence-corrected chi connectivity index (χ0v) is 10.5. The number of hydrogen-bond donors (Lipinski definition) is 1. The van der Waals surface area contributed by atoms with Gasteiger partial charge in [-0.05, 0) is 37.0 Å². The Balaban J connectivity index is 2.10. The van der Waals surface area contributed by atoms with Gasteiger partial charge in [0.15, 0.2) is 0 Å². The van der Waals surface area contributed by atoms with E-state index >= 15 is 0 Å². The summed E-state index contributed by atoms with van der Waals surface area (Å²) < 4.78 is 10.6. The molecule has 1 aromatic rings. The molecule has 0 aliphatic carbocycles. The van der Waals surface area contributed by atoms with Crippen LogP contribution in [0.5, 0.6) is 5.75 Å². The molecule has 0 amide bonds. The smallest absolute Gasteiger partial charge is 0.121 e. The van der Waals surface area contributed by atoms with Crippen molar-refractivity contribution in [1.29, 1.82) is 0 Å². The van der Waals surface area contributed by atoms with Gasteiger partial charge in [-0.3, -0.25) is 0 Å². The average Bonchev–Trinajstić information content (AvgIpc) is 2.29. The molecular weight excluding hydrogens is 216 g/mol. The minimum absolute atomic E-state index is 0.443. The van der Waals surface area contributed by atoms with Gasteiger partial charge in [-0.1, -0.05) is 12.1 Å². The van der Waals surface area contributed by atoms with Crippen LogP contribution in [-0.2, 0) is 11.2 Å². The Morgan fingerprint density at radius 1 is 1.47 bits per heavy atom. The van der Waals surface area contributed by atoms with Crippen LogP contribution in [0.2, 0.25) is 0 Å². The Morgan fingerprint density at radius 2 is 2.29 bits per heavy atom. The third-order valence-corrected chi connectivity index (χ3v) is 3.29. The van der Waals surface area contributed by atoms with Gasteiger partial charge in [0.2, 0.25) is 0 Å². The van der Waals surface area contributed by atoms with Gasteiger partial charge in [-0.15, -0.1) is 0 Å². The van der Waals surface area contributed by atoms with Crippen molar-refractivity contribution in [3.05, 3.63) is 29.3 Å². The van der Waals surface area contributed by atoms with Crippen LogP contribution in [0.25, 0.3) is 0 Å². The lowest BCUT2D eigenvalue weighted by Gasteiger charge is -2.32. The third-order valence-electron chi connectivity index (χ3n) is 3.29. The van der Waals surface area contributed by atoms with E-state index in [4.69, 9.17) is 9.47 Å². The van der Waals surface area contributed by atoms with Gasteiger partial charge < -0.3 is 14.6 Å². The van der Waals surface area contributed by atoms with E-state index in [0.29, 0.717) is 13.0 Å². The molecule has 1 fully saturated rings. The van der Waals surface area contributed by atoms with Crippen LogP contribution >= 0.6 is 0 Å². The van der Waals surface area contributed by atoms with Gasteiger partial charge in [-0.25, -0.2) is 0 Å². The molecule has 3 nitrogen and oxygen atoms in total. The van der Waals surface area contributed by atoms with Crippen molar-refractivity contribution < 1.29 is 14.6 Å². The fraction of sp³-hybridized carbons (Fsp3) is 0.571. The molecule has 1 aliphatic heterocycles. The van der Waals surface area contributed by atoms with Crippen LogP contribution in [0.3, 0.4) is 0 Å². The predicted molar refractivity (Wildman–Crippen MR) is 66.4 cm³/mol. The van der Waals surface area contributed by atoms with Gasteiger partial charge >= 0.3 is 0 Å². The topological polar surface area (TPSA) is 38.7 Å². The highest BCUT2D eigenvalue weighted by atomic mass is 16.5. The van der Waals surface area contributed by atoms with Crippen molar-refractivity contribution in [1.82, 2.24) is 0 Å². The summed E-state index contributed by atoms with van der Waals surface area (Å²) in [6.45, 7) is 3.23. The molecule has 0 spiro atoms. The molecular formula is C14H20O3. The summed E-state index contributed by atoms with van der Waals surface area (Å²) in [5, 5.41) is 10.4. The second-order valence-electron chi connectivity index (χ2n) is 4.86. The second-order valence-corrected chi connectivity index (χ2v) is 4.86. The van der Waals surface area contributed by atoms with Crippen LogP contribution in [0.4, 0.5) is 0 Å². The van der Waals surface area contributed by atoms with E-state index in [2.05, 4.69) is 6.07 Å².